The zero-order chi connectivity index (χ0) is 17.1. The third-order valence-electron chi connectivity index (χ3n) is 5.04. The van der Waals surface area contributed by atoms with E-state index in [-0.39, 0.29) is 17.4 Å². The predicted molar refractivity (Wildman–Crippen MR) is 87.9 cm³/mol. The summed E-state index contributed by atoms with van der Waals surface area (Å²) in [7, 11) is 0. The Balaban J connectivity index is 2.03. The van der Waals surface area contributed by atoms with Crippen molar-refractivity contribution in [2.24, 2.45) is 10.8 Å². The van der Waals surface area contributed by atoms with Gasteiger partial charge >= 0.3 is 11.9 Å². The number of esters is 2. The van der Waals surface area contributed by atoms with Gasteiger partial charge in [0.2, 0.25) is 0 Å². The van der Waals surface area contributed by atoms with Crippen molar-refractivity contribution in [3.63, 3.8) is 0 Å². The number of hydrogen-bond donors (Lipinski definition) is 1. The standard InChI is InChI=1S/C18H31NO4/c1-5-22-14(20)6-7-18(15(21)23-16(2,3)4)12-17(13-18)8-10-19-11-9-17/h19H,5-13H2,1-4H3. The van der Waals surface area contributed by atoms with Gasteiger partial charge in [0, 0.05) is 6.42 Å². The van der Waals surface area contributed by atoms with Gasteiger partial charge in [-0.3, -0.25) is 9.59 Å². The molecule has 1 spiro atoms. The summed E-state index contributed by atoms with van der Waals surface area (Å²) in [6, 6.07) is 0. The van der Waals surface area contributed by atoms with Crippen molar-refractivity contribution in [1.29, 1.82) is 0 Å². The summed E-state index contributed by atoms with van der Waals surface area (Å²) in [4.78, 5) is 24.5. The third kappa shape index (κ3) is 4.46. The summed E-state index contributed by atoms with van der Waals surface area (Å²) in [5.74, 6) is -0.361. The monoisotopic (exact) mass is 325 g/mol. The average molecular weight is 325 g/mol. The lowest BCUT2D eigenvalue weighted by molar-refractivity contribution is -0.188. The molecule has 0 unspecified atom stereocenters. The molecule has 0 aromatic heterocycles. The lowest BCUT2D eigenvalue weighted by Gasteiger charge is -2.57. The summed E-state index contributed by atoms with van der Waals surface area (Å²) in [6.07, 6.45) is 4.73. The van der Waals surface area contributed by atoms with E-state index in [9.17, 15) is 9.59 Å². The van der Waals surface area contributed by atoms with E-state index >= 15 is 0 Å². The third-order valence-corrected chi connectivity index (χ3v) is 5.04. The highest BCUT2D eigenvalue weighted by Gasteiger charge is 2.59. The highest BCUT2D eigenvalue weighted by atomic mass is 16.6. The van der Waals surface area contributed by atoms with E-state index in [1.807, 2.05) is 20.8 Å². The Kier molecular flexibility index (Phi) is 5.39. The molecule has 0 amide bonds. The van der Waals surface area contributed by atoms with Crippen molar-refractivity contribution in [3.05, 3.63) is 0 Å². The Morgan fingerprint density at radius 3 is 2.26 bits per heavy atom. The maximum atomic E-state index is 12.8. The number of ether oxygens (including phenoxy) is 2. The maximum absolute atomic E-state index is 12.8. The van der Waals surface area contributed by atoms with Crippen LogP contribution in [-0.4, -0.2) is 37.2 Å². The molecule has 0 radical (unpaired) electrons. The molecule has 1 saturated heterocycles. The zero-order valence-electron chi connectivity index (χ0n) is 15.0. The van der Waals surface area contributed by atoms with Crippen LogP contribution in [-0.2, 0) is 19.1 Å². The second-order valence-electron chi connectivity index (χ2n) is 8.19. The van der Waals surface area contributed by atoms with Crippen LogP contribution in [0.15, 0.2) is 0 Å². The van der Waals surface area contributed by atoms with Gasteiger partial charge in [-0.15, -0.1) is 0 Å². The average Bonchev–Trinajstić information content (AvgIpc) is 2.42. The van der Waals surface area contributed by atoms with E-state index in [0.717, 1.165) is 38.8 Å². The van der Waals surface area contributed by atoms with Gasteiger partial charge < -0.3 is 14.8 Å². The van der Waals surface area contributed by atoms with Crippen LogP contribution in [0.1, 0.15) is 66.2 Å². The predicted octanol–water partition coefficient (Wildman–Crippen LogP) is 2.82. The van der Waals surface area contributed by atoms with Crippen molar-refractivity contribution in [2.45, 2.75) is 71.8 Å². The molecule has 5 heteroatoms. The molecule has 132 valence electrons. The van der Waals surface area contributed by atoms with Crippen molar-refractivity contribution < 1.29 is 19.1 Å². The van der Waals surface area contributed by atoms with E-state index < -0.39 is 11.0 Å². The molecule has 0 aromatic carbocycles. The number of nitrogens with one attached hydrogen (secondary N) is 1. The molecule has 1 heterocycles. The van der Waals surface area contributed by atoms with Gasteiger partial charge in [0.25, 0.3) is 0 Å². The van der Waals surface area contributed by atoms with Crippen LogP contribution in [0, 0.1) is 10.8 Å². The molecule has 1 saturated carbocycles. The molecule has 1 aliphatic carbocycles. The molecular weight excluding hydrogens is 294 g/mol. The minimum absolute atomic E-state index is 0.140. The second-order valence-corrected chi connectivity index (χ2v) is 8.19. The Morgan fingerprint density at radius 1 is 1.13 bits per heavy atom. The Bertz CT molecular complexity index is 438. The van der Waals surface area contributed by atoms with Crippen LogP contribution in [0.3, 0.4) is 0 Å². The molecule has 2 rings (SSSR count). The van der Waals surface area contributed by atoms with Crippen molar-refractivity contribution in [2.75, 3.05) is 19.7 Å². The van der Waals surface area contributed by atoms with E-state index in [4.69, 9.17) is 9.47 Å². The first-order chi connectivity index (χ1) is 10.7. The maximum Gasteiger partial charge on any atom is 0.312 e. The van der Waals surface area contributed by atoms with E-state index in [2.05, 4.69) is 5.32 Å². The fourth-order valence-corrected chi connectivity index (χ4v) is 4.08. The fourth-order valence-electron chi connectivity index (χ4n) is 4.08. The molecule has 1 aliphatic heterocycles. The van der Waals surface area contributed by atoms with E-state index in [1.54, 1.807) is 6.92 Å². The van der Waals surface area contributed by atoms with Gasteiger partial charge in [-0.1, -0.05) is 0 Å². The fraction of sp³-hybridized carbons (Fsp3) is 0.889. The molecule has 5 nitrogen and oxygen atoms in total. The summed E-state index contributed by atoms with van der Waals surface area (Å²) < 4.78 is 10.7. The highest BCUT2D eigenvalue weighted by molar-refractivity contribution is 5.80. The zero-order valence-corrected chi connectivity index (χ0v) is 15.0. The lowest BCUT2D eigenvalue weighted by Crippen LogP contribution is -2.56. The van der Waals surface area contributed by atoms with Gasteiger partial charge in [0.05, 0.1) is 12.0 Å². The molecule has 0 aromatic rings. The molecule has 23 heavy (non-hydrogen) atoms. The van der Waals surface area contributed by atoms with Crippen molar-refractivity contribution in [3.8, 4) is 0 Å². The summed E-state index contributed by atoms with van der Waals surface area (Å²) in [5.41, 5.74) is -0.737. The van der Waals surface area contributed by atoms with Crippen LogP contribution in [0.25, 0.3) is 0 Å². The molecule has 2 aliphatic rings. The second kappa shape index (κ2) is 6.80. The molecule has 0 atom stereocenters. The lowest BCUT2D eigenvalue weighted by atomic mass is 9.48. The summed E-state index contributed by atoms with van der Waals surface area (Å²) in [6.45, 7) is 9.89. The Hall–Kier alpha value is -1.10. The van der Waals surface area contributed by atoms with Crippen LogP contribution >= 0.6 is 0 Å². The van der Waals surface area contributed by atoms with E-state index in [1.165, 1.54) is 0 Å². The van der Waals surface area contributed by atoms with Gasteiger partial charge in [0.1, 0.15) is 5.60 Å². The van der Waals surface area contributed by atoms with E-state index in [0.29, 0.717) is 19.4 Å². The molecule has 0 bridgehead atoms. The molecular formula is C18H31NO4. The number of hydrogen-bond acceptors (Lipinski definition) is 5. The number of piperidine rings is 1. The highest BCUT2D eigenvalue weighted by Crippen LogP contribution is 2.61. The minimum Gasteiger partial charge on any atom is -0.466 e. The molecule has 1 N–H and O–H groups in total. The Morgan fingerprint density at radius 2 is 1.74 bits per heavy atom. The topological polar surface area (TPSA) is 64.6 Å². The van der Waals surface area contributed by atoms with Gasteiger partial charge in [0.15, 0.2) is 0 Å². The van der Waals surface area contributed by atoms with Crippen LogP contribution in [0.4, 0.5) is 0 Å². The van der Waals surface area contributed by atoms with Crippen LogP contribution in [0.2, 0.25) is 0 Å². The SMILES string of the molecule is CCOC(=O)CCC1(C(=O)OC(C)(C)C)CC2(CCNCC2)C1. The first-order valence-electron chi connectivity index (χ1n) is 8.80. The number of carbonyl (C=O) groups is 2. The molecule has 2 fully saturated rings. The Labute approximate surface area is 139 Å². The van der Waals surface area contributed by atoms with Crippen molar-refractivity contribution >= 4 is 11.9 Å². The van der Waals surface area contributed by atoms with Gasteiger partial charge in [-0.2, -0.15) is 0 Å². The summed E-state index contributed by atoms with van der Waals surface area (Å²) in [5, 5.41) is 3.38. The smallest absolute Gasteiger partial charge is 0.312 e. The quantitative estimate of drug-likeness (QED) is 0.788. The number of rotatable bonds is 5. The van der Waals surface area contributed by atoms with Crippen LogP contribution < -0.4 is 5.32 Å². The largest absolute Gasteiger partial charge is 0.466 e. The summed E-state index contributed by atoms with van der Waals surface area (Å²) >= 11 is 0. The first kappa shape index (κ1) is 18.2. The van der Waals surface area contributed by atoms with Crippen LogP contribution in [0.5, 0.6) is 0 Å². The first-order valence-corrected chi connectivity index (χ1v) is 8.80. The van der Waals surface area contributed by atoms with Crippen molar-refractivity contribution in [1.82, 2.24) is 5.32 Å². The number of carbonyl (C=O) groups excluding carboxylic acids is 2. The minimum atomic E-state index is -0.503. The van der Waals surface area contributed by atoms with Gasteiger partial charge in [-0.25, -0.2) is 0 Å². The van der Waals surface area contributed by atoms with Gasteiger partial charge in [-0.05, 0) is 78.3 Å². The normalized spacial score (nSPS) is 22.3.